The van der Waals surface area contributed by atoms with E-state index in [1.54, 1.807) is 18.2 Å². The zero-order valence-electron chi connectivity index (χ0n) is 7.44. The Labute approximate surface area is 81.2 Å². The van der Waals surface area contributed by atoms with Crippen LogP contribution in [0.25, 0.3) is 10.9 Å². The minimum absolute atomic E-state index is 0.155. The van der Waals surface area contributed by atoms with Crippen LogP contribution >= 0.6 is 0 Å². The van der Waals surface area contributed by atoms with Crippen molar-refractivity contribution < 1.29 is 5.11 Å². The van der Waals surface area contributed by atoms with Gasteiger partial charge < -0.3 is 5.11 Å². The van der Waals surface area contributed by atoms with Gasteiger partial charge in [-0.05, 0) is 12.1 Å². The van der Waals surface area contributed by atoms with Crippen LogP contribution in [0, 0.1) is 11.3 Å². The van der Waals surface area contributed by atoms with Gasteiger partial charge in [0.15, 0.2) is 0 Å². The molecule has 0 aliphatic carbocycles. The molecule has 0 saturated carbocycles. The molecule has 2 rings (SSSR count). The van der Waals surface area contributed by atoms with Crippen molar-refractivity contribution >= 4 is 10.9 Å². The zero-order valence-corrected chi connectivity index (χ0v) is 7.44. The second-order valence-corrected chi connectivity index (χ2v) is 2.99. The highest BCUT2D eigenvalue weighted by molar-refractivity contribution is 5.84. The molecule has 0 atom stereocenters. The topological polar surface area (TPSA) is 56.9 Å². The van der Waals surface area contributed by atoms with E-state index in [-0.39, 0.29) is 12.2 Å². The molecule has 0 saturated heterocycles. The monoisotopic (exact) mass is 184 g/mol. The lowest BCUT2D eigenvalue weighted by atomic mass is 10.2. The number of nitrogens with zero attached hydrogens (tertiary/aromatic N) is 2. The first kappa shape index (κ1) is 8.52. The predicted octanol–water partition coefficient (Wildman–Crippen LogP) is 2.01. The summed E-state index contributed by atoms with van der Waals surface area (Å²) in [7, 11) is 0. The van der Waals surface area contributed by atoms with Gasteiger partial charge in [-0.2, -0.15) is 5.26 Å². The molecule has 0 unspecified atom stereocenters. The van der Waals surface area contributed by atoms with Gasteiger partial charge in [0.25, 0.3) is 0 Å². The fourth-order valence-corrected chi connectivity index (χ4v) is 1.35. The summed E-state index contributed by atoms with van der Waals surface area (Å²) in [6.07, 6.45) is 0.268. The number of nitriles is 1. The van der Waals surface area contributed by atoms with Crippen molar-refractivity contribution in [2.45, 2.75) is 6.42 Å². The number of hydrogen-bond donors (Lipinski definition) is 1. The number of para-hydroxylation sites is 1. The van der Waals surface area contributed by atoms with Gasteiger partial charge in [-0.15, -0.1) is 0 Å². The number of phenolic OH excluding ortho intramolecular Hbond substituents is 1. The molecular weight excluding hydrogens is 176 g/mol. The summed E-state index contributed by atoms with van der Waals surface area (Å²) in [5.41, 5.74) is 1.24. The molecule has 3 heteroatoms. The number of benzene rings is 1. The number of phenols is 1. The number of aromatic nitrogens is 1. The quantitative estimate of drug-likeness (QED) is 0.737. The highest BCUT2D eigenvalue weighted by Gasteiger charge is 2.01. The van der Waals surface area contributed by atoms with Gasteiger partial charge in [0.1, 0.15) is 11.3 Å². The van der Waals surface area contributed by atoms with E-state index in [9.17, 15) is 5.11 Å². The molecular formula is C11H8N2O. The third-order valence-corrected chi connectivity index (χ3v) is 2.02. The number of fused-ring (bicyclic) bond motifs is 1. The molecule has 1 N–H and O–H groups in total. The summed E-state index contributed by atoms with van der Waals surface area (Å²) in [5, 5.41) is 18.9. The molecule has 0 bridgehead atoms. The normalized spacial score (nSPS) is 9.93. The summed E-state index contributed by atoms with van der Waals surface area (Å²) in [6.45, 7) is 0. The molecule has 0 fully saturated rings. The number of hydrogen-bond acceptors (Lipinski definition) is 3. The Bertz CT molecular complexity index is 514. The Morgan fingerprint density at radius 3 is 2.93 bits per heavy atom. The maximum Gasteiger partial charge on any atom is 0.141 e. The van der Waals surface area contributed by atoms with E-state index >= 15 is 0 Å². The lowest BCUT2D eigenvalue weighted by Gasteiger charge is -2.00. The van der Waals surface area contributed by atoms with Gasteiger partial charge >= 0.3 is 0 Å². The SMILES string of the molecule is N#CCc1ccc2cccc(O)c2n1. The third-order valence-electron chi connectivity index (χ3n) is 2.02. The maximum atomic E-state index is 9.52. The summed E-state index contributed by atoms with van der Waals surface area (Å²) >= 11 is 0. The number of aromatic hydroxyl groups is 1. The molecule has 0 aliphatic rings. The smallest absolute Gasteiger partial charge is 0.141 e. The molecule has 68 valence electrons. The third kappa shape index (κ3) is 1.38. The van der Waals surface area contributed by atoms with Crippen molar-refractivity contribution in [3.63, 3.8) is 0 Å². The molecule has 1 heterocycles. The van der Waals surface area contributed by atoms with Crippen molar-refractivity contribution in [2.24, 2.45) is 0 Å². The van der Waals surface area contributed by atoms with E-state index in [0.717, 1.165) is 5.39 Å². The fourth-order valence-electron chi connectivity index (χ4n) is 1.35. The Balaban J connectivity index is 2.65. The first-order chi connectivity index (χ1) is 6.81. The second kappa shape index (κ2) is 3.35. The van der Waals surface area contributed by atoms with E-state index in [0.29, 0.717) is 11.2 Å². The Morgan fingerprint density at radius 2 is 2.14 bits per heavy atom. The Morgan fingerprint density at radius 1 is 1.29 bits per heavy atom. The van der Waals surface area contributed by atoms with E-state index in [4.69, 9.17) is 5.26 Å². The van der Waals surface area contributed by atoms with E-state index in [2.05, 4.69) is 4.98 Å². The lowest BCUT2D eigenvalue weighted by Crippen LogP contribution is -1.88. The zero-order chi connectivity index (χ0) is 9.97. The summed E-state index contributed by atoms with van der Waals surface area (Å²) in [4.78, 5) is 4.19. The van der Waals surface area contributed by atoms with Crippen molar-refractivity contribution in [1.29, 1.82) is 5.26 Å². The standard InChI is InChI=1S/C11H8N2O/c12-7-6-9-5-4-8-2-1-3-10(14)11(8)13-9/h1-5,14H,6H2. The molecule has 1 aromatic carbocycles. The van der Waals surface area contributed by atoms with Crippen LogP contribution in [0.3, 0.4) is 0 Å². The van der Waals surface area contributed by atoms with Gasteiger partial charge in [-0.3, -0.25) is 0 Å². The molecule has 14 heavy (non-hydrogen) atoms. The van der Waals surface area contributed by atoms with E-state index < -0.39 is 0 Å². The summed E-state index contributed by atoms with van der Waals surface area (Å²) < 4.78 is 0. The van der Waals surface area contributed by atoms with Gasteiger partial charge in [0, 0.05) is 5.39 Å². The largest absolute Gasteiger partial charge is 0.506 e. The van der Waals surface area contributed by atoms with Crippen LogP contribution in [0.5, 0.6) is 5.75 Å². The first-order valence-corrected chi connectivity index (χ1v) is 4.26. The van der Waals surface area contributed by atoms with Crippen LogP contribution in [-0.4, -0.2) is 10.1 Å². The van der Waals surface area contributed by atoms with E-state index in [1.165, 1.54) is 0 Å². The second-order valence-electron chi connectivity index (χ2n) is 2.99. The highest BCUT2D eigenvalue weighted by atomic mass is 16.3. The lowest BCUT2D eigenvalue weighted by molar-refractivity contribution is 0.480. The molecule has 0 spiro atoms. The molecule has 1 aromatic heterocycles. The minimum atomic E-state index is 0.155. The molecule has 0 amide bonds. The van der Waals surface area contributed by atoms with Gasteiger partial charge in [0.2, 0.25) is 0 Å². The minimum Gasteiger partial charge on any atom is -0.506 e. The molecule has 3 nitrogen and oxygen atoms in total. The van der Waals surface area contributed by atoms with Crippen molar-refractivity contribution in [3.05, 3.63) is 36.0 Å². The molecule has 2 aromatic rings. The average molecular weight is 184 g/mol. The number of rotatable bonds is 1. The van der Waals surface area contributed by atoms with Crippen molar-refractivity contribution in [1.82, 2.24) is 4.98 Å². The summed E-state index contributed by atoms with van der Waals surface area (Å²) in [6, 6.07) is 10.9. The van der Waals surface area contributed by atoms with E-state index in [1.807, 2.05) is 18.2 Å². The van der Waals surface area contributed by atoms with Gasteiger partial charge in [-0.1, -0.05) is 18.2 Å². The summed E-state index contributed by atoms with van der Waals surface area (Å²) in [5.74, 6) is 0.155. The van der Waals surface area contributed by atoms with Crippen LogP contribution < -0.4 is 0 Å². The first-order valence-electron chi connectivity index (χ1n) is 4.26. The number of pyridine rings is 1. The predicted molar refractivity (Wildman–Crippen MR) is 52.7 cm³/mol. The average Bonchev–Trinajstić information content (AvgIpc) is 2.20. The maximum absolute atomic E-state index is 9.52. The van der Waals surface area contributed by atoms with Crippen LogP contribution in [0.1, 0.15) is 5.69 Å². The van der Waals surface area contributed by atoms with Crippen LogP contribution in [-0.2, 0) is 6.42 Å². The fraction of sp³-hybridized carbons (Fsp3) is 0.0909. The van der Waals surface area contributed by atoms with Crippen LogP contribution in [0.4, 0.5) is 0 Å². The molecule has 0 aliphatic heterocycles. The van der Waals surface area contributed by atoms with Gasteiger partial charge in [0.05, 0.1) is 18.2 Å². The van der Waals surface area contributed by atoms with Crippen molar-refractivity contribution in [3.8, 4) is 11.8 Å². The Kier molecular flexibility index (Phi) is 2.04. The van der Waals surface area contributed by atoms with Crippen molar-refractivity contribution in [2.75, 3.05) is 0 Å². The van der Waals surface area contributed by atoms with Crippen LogP contribution in [0.15, 0.2) is 30.3 Å². The highest BCUT2D eigenvalue weighted by Crippen LogP contribution is 2.22. The van der Waals surface area contributed by atoms with Crippen LogP contribution in [0.2, 0.25) is 0 Å². The Hall–Kier alpha value is -2.08. The van der Waals surface area contributed by atoms with Gasteiger partial charge in [-0.25, -0.2) is 4.98 Å². The molecule has 0 radical (unpaired) electrons.